The van der Waals surface area contributed by atoms with Crippen molar-refractivity contribution >= 4 is 0 Å². The fourth-order valence-electron chi connectivity index (χ4n) is 1.37. The van der Waals surface area contributed by atoms with E-state index in [9.17, 15) is 4.39 Å². The van der Waals surface area contributed by atoms with E-state index in [1.165, 1.54) is 12.1 Å². The number of pyridine rings is 1. The number of aliphatic hydroxyl groups is 1. The largest absolute Gasteiger partial charge is 0.390 e. The summed E-state index contributed by atoms with van der Waals surface area (Å²) in [5.74, 6) is -0.376. The van der Waals surface area contributed by atoms with Gasteiger partial charge in [0.05, 0.1) is 12.3 Å². The maximum absolute atomic E-state index is 13.4. The quantitative estimate of drug-likeness (QED) is 0.812. The summed E-state index contributed by atoms with van der Waals surface area (Å²) in [6, 6.07) is 11.9. The molecule has 0 spiro atoms. The molecular weight excluding hydrogens is 193 g/mol. The summed E-state index contributed by atoms with van der Waals surface area (Å²) >= 11 is 0. The van der Waals surface area contributed by atoms with Crippen LogP contribution in [0.25, 0.3) is 11.3 Å². The van der Waals surface area contributed by atoms with E-state index in [0.717, 1.165) is 0 Å². The van der Waals surface area contributed by atoms with Gasteiger partial charge in [-0.05, 0) is 12.1 Å². The molecule has 0 aliphatic carbocycles. The Morgan fingerprint density at radius 2 is 1.80 bits per heavy atom. The second-order valence-corrected chi connectivity index (χ2v) is 3.16. The Labute approximate surface area is 87.0 Å². The average Bonchev–Trinajstić information content (AvgIpc) is 2.31. The van der Waals surface area contributed by atoms with Crippen LogP contribution in [-0.4, -0.2) is 10.1 Å². The summed E-state index contributed by atoms with van der Waals surface area (Å²) in [5, 5.41) is 8.91. The minimum atomic E-state index is -0.376. The van der Waals surface area contributed by atoms with Crippen molar-refractivity contribution in [2.45, 2.75) is 6.61 Å². The van der Waals surface area contributed by atoms with Crippen LogP contribution in [0.1, 0.15) is 5.69 Å². The molecule has 0 atom stereocenters. The monoisotopic (exact) mass is 203 g/mol. The molecule has 2 rings (SSSR count). The Balaban J connectivity index is 2.52. The first-order valence-corrected chi connectivity index (χ1v) is 4.63. The molecule has 0 bridgehead atoms. The van der Waals surface area contributed by atoms with Gasteiger partial charge in [0.2, 0.25) is 0 Å². The highest BCUT2D eigenvalue weighted by Gasteiger charge is 2.06. The zero-order valence-corrected chi connectivity index (χ0v) is 8.02. The van der Waals surface area contributed by atoms with E-state index in [4.69, 9.17) is 5.11 Å². The molecule has 2 aromatic rings. The third-order valence-electron chi connectivity index (χ3n) is 2.11. The van der Waals surface area contributed by atoms with Gasteiger partial charge >= 0.3 is 0 Å². The van der Waals surface area contributed by atoms with E-state index >= 15 is 0 Å². The van der Waals surface area contributed by atoms with Gasteiger partial charge in [-0.1, -0.05) is 30.3 Å². The van der Waals surface area contributed by atoms with Crippen molar-refractivity contribution in [3.63, 3.8) is 0 Å². The van der Waals surface area contributed by atoms with Crippen LogP contribution in [0.5, 0.6) is 0 Å². The highest BCUT2D eigenvalue weighted by atomic mass is 19.1. The smallest absolute Gasteiger partial charge is 0.149 e. The molecule has 1 aromatic heterocycles. The molecule has 1 heterocycles. The number of halogens is 1. The van der Waals surface area contributed by atoms with Gasteiger partial charge in [0.1, 0.15) is 11.5 Å². The highest BCUT2D eigenvalue weighted by molar-refractivity contribution is 5.59. The Morgan fingerprint density at radius 3 is 2.47 bits per heavy atom. The van der Waals surface area contributed by atoms with Gasteiger partial charge < -0.3 is 5.11 Å². The van der Waals surface area contributed by atoms with Crippen molar-refractivity contribution < 1.29 is 9.50 Å². The van der Waals surface area contributed by atoms with Crippen LogP contribution in [0.4, 0.5) is 4.39 Å². The lowest BCUT2D eigenvalue weighted by atomic mass is 10.1. The van der Waals surface area contributed by atoms with Gasteiger partial charge in [0.15, 0.2) is 0 Å². The Bertz CT molecular complexity index is 456. The number of rotatable bonds is 2. The van der Waals surface area contributed by atoms with Crippen molar-refractivity contribution in [3.05, 3.63) is 54.0 Å². The first-order valence-electron chi connectivity index (χ1n) is 4.63. The molecule has 0 aliphatic rings. The maximum atomic E-state index is 13.4. The van der Waals surface area contributed by atoms with Gasteiger partial charge in [-0.3, -0.25) is 0 Å². The van der Waals surface area contributed by atoms with E-state index in [1.54, 1.807) is 12.1 Å². The fourth-order valence-corrected chi connectivity index (χ4v) is 1.37. The first-order chi connectivity index (χ1) is 7.31. The Hall–Kier alpha value is -1.74. The predicted molar refractivity (Wildman–Crippen MR) is 55.6 cm³/mol. The number of hydrogen-bond donors (Lipinski definition) is 1. The number of aromatic nitrogens is 1. The lowest BCUT2D eigenvalue weighted by Crippen LogP contribution is -1.95. The molecule has 0 amide bonds. The van der Waals surface area contributed by atoms with Crippen LogP contribution in [0.3, 0.4) is 0 Å². The standard InChI is InChI=1S/C12H10FNO/c13-11-7-6-10(8-15)14-12(11)9-4-2-1-3-5-9/h1-7,15H,8H2. The summed E-state index contributed by atoms with van der Waals surface area (Å²) < 4.78 is 13.4. The first kappa shape index (κ1) is 9.80. The zero-order chi connectivity index (χ0) is 10.7. The molecule has 1 N–H and O–H groups in total. The van der Waals surface area contributed by atoms with Gasteiger partial charge in [0, 0.05) is 5.56 Å². The second-order valence-electron chi connectivity index (χ2n) is 3.16. The molecule has 0 saturated carbocycles. The third kappa shape index (κ3) is 2.02. The van der Waals surface area contributed by atoms with E-state index < -0.39 is 0 Å². The molecule has 1 aromatic carbocycles. The summed E-state index contributed by atoms with van der Waals surface area (Å²) in [7, 11) is 0. The summed E-state index contributed by atoms with van der Waals surface area (Å²) in [4.78, 5) is 4.04. The Kier molecular flexibility index (Phi) is 2.74. The lowest BCUT2D eigenvalue weighted by Gasteiger charge is -2.04. The minimum Gasteiger partial charge on any atom is -0.390 e. The van der Waals surface area contributed by atoms with E-state index in [-0.39, 0.29) is 18.1 Å². The molecule has 3 heteroatoms. The van der Waals surface area contributed by atoms with Gasteiger partial charge in [-0.2, -0.15) is 0 Å². The van der Waals surface area contributed by atoms with E-state index in [0.29, 0.717) is 11.3 Å². The van der Waals surface area contributed by atoms with Crippen LogP contribution in [0, 0.1) is 5.82 Å². The topological polar surface area (TPSA) is 33.1 Å². The molecule has 2 nitrogen and oxygen atoms in total. The summed E-state index contributed by atoms with van der Waals surface area (Å²) in [5.41, 5.74) is 1.46. The number of aliphatic hydroxyl groups excluding tert-OH is 1. The van der Waals surface area contributed by atoms with Crippen LogP contribution in [0.15, 0.2) is 42.5 Å². The minimum absolute atomic E-state index is 0.180. The zero-order valence-electron chi connectivity index (χ0n) is 8.02. The summed E-state index contributed by atoms with van der Waals surface area (Å²) in [6.45, 7) is -0.180. The normalized spacial score (nSPS) is 10.3. The second kappa shape index (κ2) is 4.19. The SMILES string of the molecule is OCc1ccc(F)c(-c2ccccc2)n1. The third-order valence-corrected chi connectivity index (χ3v) is 2.11. The van der Waals surface area contributed by atoms with E-state index in [2.05, 4.69) is 4.98 Å². The lowest BCUT2D eigenvalue weighted by molar-refractivity contribution is 0.276. The van der Waals surface area contributed by atoms with Crippen molar-refractivity contribution in [1.82, 2.24) is 4.98 Å². The fraction of sp³-hybridized carbons (Fsp3) is 0.0833. The molecular formula is C12H10FNO. The summed E-state index contributed by atoms with van der Waals surface area (Å²) in [6.07, 6.45) is 0. The molecule has 15 heavy (non-hydrogen) atoms. The van der Waals surface area contributed by atoms with Gasteiger partial charge in [0.25, 0.3) is 0 Å². The molecule has 0 radical (unpaired) electrons. The van der Waals surface area contributed by atoms with Crippen molar-refractivity contribution in [2.24, 2.45) is 0 Å². The average molecular weight is 203 g/mol. The van der Waals surface area contributed by atoms with Crippen molar-refractivity contribution in [3.8, 4) is 11.3 Å². The number of nitrogens with zero attached hydrogens (tertiary/aromatic N) is 1. The van der Waals surface area contributed by atoms with Crippen LogP contribution >= 0.6 is 0 Å². The van der Waals surface area contributed by atoms with Gasteiger partial charge in [-0.25, -0.2) is 9.37 Å². The maximum Gasteiger partial charge on any atom is 0.149 e. The molecule has 76 valence electrons. The van der Waals surface area contributed by atoms with Crippen LogP contribution in [-0.2, 0) is 6.61 Å². The van der Waals surface area contributed by atoms with Crippen LogP contribution < -0.4 is 0 Å². The number of hydrogen-bond acceptors (Lipinski definition) is 2. The van der Waals surface area contributed by atoms with Gasteiger partial charge in [-0.15, -0.1) is 0 Å². The highest BCUT2D eigenvalue weighted by Crippen LogP contribution is 2.20. The molecule has 0 saturated heterocycles. The molecule has 0 unspecified atom stereocenters. The van der Waals surface area contributed by atoms with Crippen molar-refractivity contribution in [1.29, 1.82) is 0 Å². The Morgan fingerprint density at radius 1 is 1.07 bits per heavy atom. The van der Waals surface area contributed by atoms with Crippen LogP contribution in [0.2, 0.25) is 0 Å². The molecule has 0 fully saturated rings. The number of benzene rings is 1. The predicted octanol–water partition coefficient (Wildman–Crippen LogP) is 2.38. The van der Waals surface area contributed by atoms with E-state index in [1.807, 2.05) is 18.2 Å². The molecule has 0 aliphatic heterocycles. The van der Waals surface area contributed by atoms with Crippen molar-refractivity contribution in [2.75, 3.05) is 0 Å².